The van der Waals surface area contributed by atoms with Crippen LogP contribution in [0.1, 0.15) is 97.3 Å². The van der Waals surface area contributed by atoms with Crippen molar-refractivity contribution < 1.29 is 15.0 Å². The lowest BCUT2D eigenvalue weighted by atomic mass is 9.87. The molecule has 176 valence electrons. The number of aliphatic hydroxyl groups excluding tert-OH is 1. The summed E-state index contributed by atoms with van der Waals surface area (Å²) in [7, 11) is 0. The van der Waals surface area contributed by atoms with E-state index in [9.17, 15) is 15.0 Å². The summed E-state index contributed by atoms with van der Waals surface area (Å²) in [5.74, 6) is 1.56. The van der Waals surface area contributed by atoms with Crippen molar-refractivity contribution in [1.82, 2.24) is 4.90 Å². The molecule has 1 saturated carbocycles. The first-order chi connectivity index (χ1) is 14.9. The third kappa shape index (κ3) is 7.18. The van der Waals surface area contributed by atoms with Gasteiger partial charge in [0.2, 0.25) is 5.91 Å². The summed E-state index contributed by atoms with van der Waals surface area (Å²) >= 11 is 0. The number of fused-ring (bicyclic) bond motifs is 1. The molecule has 5 atom stereocenters. The first-order valence-corrected chi connectivity index (χ1v) is 12.9. The number of allylic oxidation sites excluding steroid dienone is 2. The second kappa shape index (κ2) is 11.7. The summed E-state index contributed by atoms with van der Waals surface area (Å²) in [6.45, 7) is 5.99. The van der Waals surface area contributed by atoms with Crippen LogP contribution < -0.4 is 0 Å². The van der Waals surface area contributed by atoms with Crippen LogP contribution in [0, 0.1) is 17.8 Å². The second-order valence-corrected chi connectivity index (χ2v) is 10.6. The lowest BCUT2D eigenvalue weighted by molar-refractivity contribution is -0.132. The molecular weight excluding hydrogens is 386 g/mol. The molecule has 0 unspecified atom stereocenters. The summed E-state index contributed by atoms with van der Waals surface area (Å²) in [6.07, 6.45) is 19.5. The number of piperidine rings is 1. The number of nitrogens with zero attached hydrogens (tertiary/aromatic N) is 1. The van der Waals surface area contributed by atoms with Crippen molar-refractivity contribution in [3.05, 3.63) is 23.8 Å². The molecule has 0 aromatic carbocycles. The van der Waals surface area contributed by atoms with Gasteiger partial charge in [-0.15, -0.1) is 0 Å². The Kier molecular flexibility index (Phi) is 9.21. The van der Waals surface area contributed by atoms with Crippen LogP contribution in [0.15, 0.2) is 23.8 Å². The van der Waals surface area contributed by atoms with Crippen LogP contribution in [0.25, 0.3) is 0 Å². The molecule has 0 radical (unpaired) electrons. The van der Waals surface area contributed by atoms with E-state index in [1.165, 1.54) is 24.8 Å². The van der Waals surface area contributed by atoms with Crippen LogP contribution >= 0.6 is 0 Å². The number of likely N-dealkylation sites (tertiary alicyclic amines) is 1. The third-order valence-electron chi connectivity index (χ3n) is 7.78. The van der Waals surface area contributed by atoms with Gasteiger partial charge in [-0.2, -0.15) is 0 Å². The van der Waals surface area contributed by atoms with E-state index in [1.54, 1.807) is 0 Å². The smallest absolute Gasteiger partial charge is 0.222 e. The number of carbonyl (C=O) groups is 1. The Morgan fingerprint density at radius 3 is 2.74 bits per heavy atom. The second-order valence-electron chi connectivity index (χ2n) is 10.6. The number of carbonyl (C=O) groups excluding carboxylic acids is 1. The molecule has 1 heterocycles. The summed E-state index contributed by atoms with van der Waals surface area (Å²) in [5.41, 5.74) is 0.890. The molecule has 2 N–H and O–H groups in total. The third-order valence-corrected chi connectivity index (χ3v) is 7.78. The monoisotopic (exact) mass is 431 g/mol. The van der Waals surface area contributed by atoms with Gasteiger partial charge in [0.1, 0.15) is 0 Å². The number of hydrogen-bond donors (Lipinski definition) is 2. The molecule has 4 heteroatoms. The van der Waals surface area contributed by atoms with Gasteiger partial charge >= 0.3 is 0 Å². The highest BCUT2D eigenvalue weighted by Gasteiger charge is 2.43. The molecule has 3 aliphatic rings. The highest BCUT2D eigenvalue weighted by atomic mass is 16.3. The number of aliphatic hydroxyl groups is 2. The number of hydrogen-bond acceptors (Lipinski definition) is 3. The van der Waals surface area contributed by atoms with Crippen molar-refractivity contribution in [2.75, 3.05) is 13.1 Å². The Bertz CT molecular complexity index is 632. The van der Waals surface area contributed by atoms with Gasteiger partial charge in [0.25, 0.3) is 0 Å². The average Bonchev–Trinajstić information content (AvgIpc) is 3.27. The molecule has 1 aliphatic heterocycles. The van der Waals surface area contributed by atoms with Crippen LogP contribution in [-0.2, 0) is 4.79 Å². The maximum atomic E-state index is 12.3. The van der Waals surface area contributed by atoms with Gasteiger partial charge in [0.15, 0.2) is 0 Å². The quantitative estimate of drug-likeness (QED) is 0.341. The zero-order valence-electron chi connectivity index (χ0n) is 19.9. The fourth-order valence-electron chi connectivity index (χ4n) is 5.86. The standard InChI is InChI=1S/C27H45NO3/c1-3-4-14-27(2,31)15-10-12-23-24-19-21(18-22(24)20-25(23)29)11-6-7-13-26(30)28-16-8-5-9-17-28/h10,12,18,22-25,29,31H,3-9,11,13-17,19-20H2,1-2H3/b12-10+/t22-,23+,24-,25+,27+/m0/s1. The molecule has 0 aromatic rings. The lowest BCUT2D eigenvalue weighted by Gasteiger charge is -2.26. The molecule has 0 bridgehead atoms. The Morgan fingerprint density at radius 1 is 1.23 bits per heavy atom. The minimum atomic E-state index is -0.639. The first kappa shape index (κ1) is 24.5. The van der Waals surface area contributed by atoms with E-state index in [-0.39, 0.29) is 12.0 Å². The number of rotatable bonds is 11. The van der Waals surface area contributed by atoms with Crippen molar-refractivity contribution >= 4 is 5.91 Å². The predicted molar refractivity (Wildman–Crippen MR) is 127 cm³/mol. The van der Waals surface area contributed by atoms with Gasteiger partial charge in [-0.25, -0.2) is 0 Å². The highest BCUT2D eigenvalue weighted by Crippen LogP contribution is 2.48. The average molecular weight is 432 g/mol. The predicted octanol–water partition coefficient (Wildman–Crippen LogP) is 5.39. The maximum Gasteiger partial charge on any atom is 0.222 e. The molecule has 1 amide bonds. The van der Waals surface area contributed by atoms with Gasteiger partial charge in [0, 0.05) is 25.4 Å². The van der Waals surface area contributed by atoms with E-state index in [1.807, 2.05) is 6.92 Å². The van der Waals surface area contributed by atoms with Crippen LogP contribution in [0.3, 0.4) is 0 Å². The van der Waals surface area contributed by atoms with E-state index in [0.29, 0.717) is 30.6 Å². The van der Waals surface area contributed by atoms with Crippen LogP contribution in [0.4, 0.5) is 0 Å². The molecule has 31 heavy (non-hydrogen) atoms. The van der Waals surface area contributed by atoms with E-state index < -0.39 is 5.60 Å². The largest absolute Gasteiger partial charge is 0.392 e. The minimum absolute atomic E-state index is 0.210. The summed E-state index contributed by atoms with van der Waals surface area (Å²) < 4.78 is 0. The molecule has 3 rings (SSSR count). The molecule has 0 aromatic heterocycles. The summed E-state index contributed by atoms with van der Waals surface area (Å²) in [5, 5.41) is 21.1. The minimum Gasteiger partial charge on any atom is -0.392 e. The molecule has 2 aliphatic carbocycles. The Balaban J connectivity index is 1.39. The maximum absolute atomic E-state index is 12.3. The van der Waals surface area contributed by atoms with Gasteiger partial charge < -0.3 is 15.1 Å². The fraction of sp³-hybridized carbons (Fsp3) is 0.815. The Morgan fingerprint density at radius 2 is 2.00 bits per heavy atom. The van der Waals surface area contributed by atoms with E-state index in [4.69, 9.17) is 0 Å². The number of unbranched alkanes of at least 4 members (excludes halogenated alkanes) is 2. The van der Waals surface area contributed by atoms with E-state index >= 15 is 0 Å². The highest BCUT2D eigenvalue weighted by molar-refractivity contribution is 5.76. The van der Waals surface area contributed by atoms with Crippen molar-refractivity contribution in [2.45, 2.75) is 109 Å². The Hall–Kier alpha value is -1.13. The molecule has 0 spiro atoms. The topological polar surface area (TPSA) is 60.8 Å². The normalized spacial score (nSPS) is 30.5. The van der Waals surface area contributed by atoms with Gasteiger partial charge in [-0.1, -0.05) is 43.6 Å². The van der Waals surface area contributed by atoms with Crippen molar-refractivity contribution in [3.63, 3.8) is 0 Å². The van der Waals surface area contributed by atoms with Crippen LogP contribution in [0.2, 0.25) is 0 Å². The SMILES string of the molecule is CCCC[C@@](C)(O)C/C=C/[C@@H]1[C@H]2CC(CCCCC(=O)N3CCCCC3)=C[C@H]2C[C@H]1O. The molecular formula is C27H45NO3. The first-order valence-electron chi connectivity index (χ1n) is 12.9. The van der Waals surface area contributed by atoms with Gasteiger partial charge in [0.05, 0.1) is 11.7 Å². The number of amides is 1. The summed E-state index contributed by atoms with van der Waals surface area (Å²) in [4.78, 5) is 14.4. The van der Waals surface area contributed by atoms with Gasteiger partial charge in [-0.05, 0) is 83.0 Å². The lowest BCUT2D eigenvalue weighted by Crippen LogP contribution is -2.35. The molecule has 2 fully saturated rings. The molecule has 1 saturated heterocycles. The zero-order valence-corrected chi connectivity index (χ0v) is 19.9. The zero-order chi connectivity index (χ0) is 22.3. The van der Waals surface area contributed by atoms with Crippen molar-refractivity contribution in [1.29, 1.82) is 0 Å². The van der Waals surface area contributed by atoms with Crippen LogP contribution in [0.5, 0.6) is 0 Å². The van der Waals surface area contributed by atoms with Crippen molar-refractivity contribution in [3.8, 4) is 0 Å². The van der Waals surface area contributed by atoms with Gasteiger partial charge in [-0.3, -0.25) is 4.79 Å². The van der Waals surface area contributed by atoms with E-state index in [2.05, 4.69) is 30.1 Å². The summed E-state index contributed by atoms with van der Waals surface area (Å²) in [6, 6.07) is 0. The van der Waals surface area contributed by atoms with Crippen molar-refractivity contribution in [2.24, 2.45) is 17.8 Å². The van der Waals surface area contributed by atoms with E-state index in [0.717, 1.165) is 64.5 Å². The Labute approximate surface area is 189 Å². The fourth-order valence-corrected chi connectivity index (χ4v) is 5.86. The van der Waals surface area contributed by atoms with Crippen LogP contribution in [-0.4, -0.2) is 45.8 Å². The molecule has 4 nitrogen and oxygen atoms in total.